The zero-order chi connectivity index (χ0) is 13.5. The molecule has 4 aliphatic rings. The average Bonchev–Trinajstić information content (AvgIpc) is 2.43. The Kier molecular flexibility index (Phi) is 3.16. The Balaban J connectivity index is 1.32. The molecule has 0 radical (unpaired) electrons. The quantitative estimate of drug-likeness (QED) is 0.894. The van der Waals surface area contributed by atoms with Crippen LogP contribution < -0.4 is 5.32 Å². The van der Waals surface area contributed by atoms with Crippen LogP contribution in [0.4, 0.5) is 10.2 Å². The summed E-state index contributed by atoms with van der Waals surface area (Å²) in [5, 5.41) is 3.35. The maximum atomic E-state index is 12.8. The lowest BCUT2D eigenvalue weighted by Crippen LogP contribution is -2.45. The summed E-state index contributed by atoms with van der Waals surface area (Å²) in [4.78, 5) is 4.07. The third kappa shape index (κ3) is 2.32. The minimum Gasteiger partial charge on any atom is -0.370 e. The van der Waals surface area contributed by atoms with Crippen molar-refractivity contribution in [2.45, 2.75) is 38.5 Å². The van der Waals surface area contributed by atoms with E-state index in [9.17, 15) is 4.39 Å². The first-order valence-corrected chi connectivity index (χ1v) is 8.13. The maximum Gasteiger partial charge on any atom is 0.141 e. The van der Waals surface area contributed by atoms with Gasteiger partial charge in [0.15, 0.2) is 0 Å². The molecule has 5 rings (SSSR count). The third-order valence-corrected chi connectivity index (χ3v) is 5.93. The summed E-state index contributed by atoms with van der Waals surface area (Å²) in [6, 6.07) is 3.20. The molecule has 0 aliphatic heterocycles. The molecule has 0 aromatic carbocycles. The highest BCUT2D eigenvalue weighted by Crippen LogP contribution is 2.57. The normalized spacial score (nSPS) is 38.1. The van der Waals surface area contributed by atoms with Gasteiger partial charge < -0.3 is 5.32 Å². The van der Waals surface area contributed by atoms with Crippen molar-refractivity contribution in [2.24, 2.45) is 29.6 Å². The van der Waals surface area contributed by atoms with E-state index in [1.165, 1.54) is 50.8 Å². The van der Waals surface area contributed by atoms with E-state index in [0.717, 1.165) is 42.0 Å². The van der Waals surface area contributed by atoms with Gasteiger partial charge in [0.2, 0.25) is 0 Å². The van der Waals surface area contributed by atoms with E-state index >= 15 is 0 Å². The summed E-state index contributed by atoms with van der Waals surface area (Å²) in [6.07, 6.45) is 10.0. The first-order chi connectivity index (χ1) is 9.78. The molecule has 4 bridgehead atoms. The summed E-state index contributed by atoms with van der Waals surface area (Å²) >= 11 is 0. The summed E-state index contributed by atoms with van der Waals surface area (Å²) in [5.74, 6) is 5.56. The minimum absolute atomic E-state index is 0.267. The van der Waals surface area contributed by atoms with Crippen LogP contribution in [0.3, 0.4) is 0 Å². The fraction of sp³-hybridized carbons (Fsp3) is 0.706. The van der Waals surface area contributed by atoms with E-state index in [2.05, 4.69) is 10.3 Å². The lowest BCUT2D eigenvalue weighted by Gasteiger charge is -2.54. The lowest BCUT2D eigenvalue weighted by molar-refractivity contribution is -0.0381. The molecule has 1 aromatic heterocycles. The fourth-order valence-corrected chi connectivity index (χ4v) is 5.36. The second kappa shape index (κ2) is 5.01. The zero-order valence-corrected chi connectivity index (χ0v) is 11.9. The van der Waals surface area contributed by atoms with E-state index < -0.39 is 0 Å². The molecule has 1 heterocycles. The molecule has 3 heteroatoms. The van der Waals surface area contributed by atoms with Crippen LogP contribution in [0.1, 0.15) is 38.5 Å². The summed E-state index contributed by atoms with van der Waals surface area (Å²) in [6.45, 7) is 0.978. The molecule has 2 nitrogen and oxygen atoms in total. The second-order valence-corrected chi connectivity index (χ2v) is 7.17. The smallest absolute Gasteiger partial charge is 0.141 e. The highest BCUT2D eigenvalue weighted by molar-refractivity contribution is 5.33. The van der Waals surface area contributed by atoms with Crippen LogP contribution >= 0.6 is 0 Å². The van der Waals surface area contributed by atoms with E-state index in [1.54, 1.807) is 6.07 Å². The monoisotopic (exact) mass is 274 g/mol. The van der Waals surface area contributed by atoms with Gasteiger partial charge in [-0.3, -0.25) is 0 Å². The molecule has 20 heavy (non-hydrogen) atoms. The SMILES string of the molecule is Fc1ccc(NCCC2C3CC4CC(C3)CC2C4)nc1. The van der Waals surface area contributed by atoms with Gasteiger partial charge in [-0.2, -0.15) is 0 Å². The van der Waals surface area contributed by atoms with Crippen LogP contribution in [0.5, 0.6) is 0 Å². The molecule has 4 fully saturated rings. The number of nitrogens with zero attached hydrogens (tertiary/aromatic N) is 1. The summed E-state index contributed by atoms with van der Waals surface area (Å²) < 4.78 is 12.8. The van der Waals surface area contributed by atoms with Gasteiger partial charge in [0, 0.05) is 6.54 Å². The Hall–Kier alpha value is -1.12. The number of rotatable bonds is 4. The maximum absolute atomic E-state index is 12.8. The molecule has 4 aliphatic carbocycles. The number of hydrogen-bond acceptors (Lipinski definition) is 2. The van der Waals surface area contributed by atoms with Gasteiger partial charge in [-0.15, -0.1) is 0 Å². The van der Waals surface area contributed by atoms with E-state index in [1.807, 2.05) is 0 Å². The molecule has 4 saturated carbocycles. The van der Waals surface area contributed by atoms with Crippen LogP contribution in [0.2, 0.25) is 0 Å². The van der Waals surface area contributed by atoms with Crippen LogP contribution in [-0.4, -0.2) is 11.5 Å². The van der Waals surface area contributed by atoms with Crippen molar-refractivity contribution in [1.82, 2.24) is 4.98 Å². The minimum atomic E-state index is -0.267. The van der Waals surface area contributed by atoms with Crippen molar-refractivity contribution in [2.75, 3.05) is 11.9 Å². The molecule has 1 N–H and O–H groups in total. The van der Waals surface area contributed by atoms with Crippen LogP contribution in [0.15, 0.2) is 18.3 Å². The van der Waals surface area contributed by atoms with Crippen molar-refractivity contribution >= 4 is 5.82 Å². The van der Waals surface area contributed by atoms with Crippen LogP contribution in [-0.2, 0) is 0 Å². The van der Waals surface area contributed by atoms with Crippen molar-refractivity contribution < 1.29 is 4.39 Å². The molecule has 0 atom stereocenters. The molecule has 1 aromatic rings. The van der Waals surface area contributed by atoms with Crippen LogP contribution in [0.25, 0.3) is 0 Å². The number of hydrogen-bond donors (Lipinski definition) is 1. The average molecular weight is 274 g/mol. The number of pyridine rings is 1. The van der Waals surface area contributed by atoms with Gasteiger partial charge in [-0.25, -0.2) is 9.37 Å². The first kappa shape index (κ1) is 12.6. The first-order valence-electron chi connectivity index (χ1n) is 8.13. The second-order valence-electron chi connectivity index (χ2n) is 7.17. The van der Waals surface area contributed by atoms with E-state index in [0.29, 0.717) is 0 Å². The Labute approximate surface area is 120 Å². The highest BCUT2D eigenvalue weighted by atomic mass is 19.1. The van der Waals surface area contributed by atoms with Crippen molar-refractivity contribution in [3.8, 4) is 0 Å². The van der Waals surface area contributed by atoms with Crippen molar-refractivity contribution in [1.29, 1.82) is 0 Å². The zero-order valence-electron chi connectivity index (χ0n) is 11.9. The van der Waals surface area contributed by atoms with Gasteiger partial charge in [-0.05, 0) is 80.2 Å². The highest BCUT2D eigenvalue weighted by Gasteiger charge is 2.47. The Morgan fingerprint density at radius 2 is 1.75 bits per heavy atom. The third-order valence-electron chi connectivity index (χ3n) is 5.93. The van der Waals surface area contributed by atoms with Gasteiger partial charge in [0.1, 0.15) is 11.6 Å². The largest absolute Gasteiger partial charge is 0.370 e. The molecule has 0 amide bonds. The topological polar surface area (TPSA) is 24.9 Å². The standard InChI is InChI=1S/C17H23FN2/c18-15-1-2-17(20-10-15)19-4-3-16-13-6-11-5-12(8-13)9-14(16)7-11/h1-2,10-14,16H,3-9H2,(H,19,20). The molecular formula is C17H23FN2. The van der Waals surface area contributed by atoms with Crippen molar-refractivity contribution in [3.63, 3.8) is 0 Å². The van der Waals surface area contributed by atoms with Gasteiger partial charge in [0.25, 0.3) is 0 Å². The fourth-order valence-electron chi connectivity index (χ4n) is 5.36. The molecule has 0 unspecified atom stereocenters. The van der Waals surface area contributed by atoms with Gasteiger partial charge in [0.05, 0.1) is 6.20 Å². The lowest BCUT2D eigenvalue weighted by atomic mass is 9.51. The molecule has 108 valence electrons. The van der Waals surface area contributed by atoms with Gasteiger partial charge >= 0.3 is 0 Å². The number of anilines is 1. The van der Waals surface area contributed by atoms with Gasteiger partial charge in [-0.1, -0.05) is 0 Å². The number of nitrogens with one attached hydrogen (secondary N) is 1. The van der Waals surface area contributed by atoms with Crippen LogP contribution in [0, 0.1) is 35.4 Å². The Bertz CT molecular complexity index is 442. The van der Waals surface area contributed by atoms with E-state index in [4.69, 9.17) is 0 Å². The predicted octanol–water partition coefficient (Wildman–Crippen LogP) is 4.10. The Morgan fingerprint density at radius 3 is 2.35 bits per heavy atom. The molecule has 0 saturated heterocycles. The molecular weight excluding hydrogens is 251 g/mol. The Morgan fingerprint density at radius 1 is 1.05 bits per heavy atom. The summed E-state index contributed by atoms with van der Waals surface area (Å²) in [7, 11) is 0. The van der Waals surface area contributed by atoms with E-state index in [-0.39, 0.29) is 5.82 Å². The van der Waals surface area contributed by atoms with Crippen molar-refractivity contribution in [3.05, 3.63) is 24.1 Å². The number of halogens is 1. The summed E-state index contributed by atoms with van der Waals surface area (Å²) in [5.41, 5.74) is 0. The number of aromatic nitrogens is 1. The molecule has 0 spiro atoms. The predicted molar refractivity (Wildman–Crippen MR) is 77.8 cm³/mol.